The standard InChI is InChI=1S/C24H30O8/c1-10-13-9-14(29-11(2)25)15-22-8-6-7-21(4,5)16(22)19(30-12(3)26)24(28)23(15,17(10)27)18(13)31-20(22)32-24/h13-16,18-20,28H,1,6-9H2,2-5H3. The molecule has 8 rings (SSSR count). The smallest absolute Gasteiger partial charge is 0.303 e. The molecule has 174 valence electrons. The van der Waals surface area contributed by atoms with Gasteiger partial charge < -0.3 is 24.1 Å². The van der Waals surface area contributed by atoms with Crippen LogP contribution in [-0.2, 0) is 33.3 Å². The molecule has 8 fully saturated rings. The van der Waals surface area contributed by atoms with E-state index in [2.05, 4.69) is 20.4 Å². The Morgan fingerprint density at radius 1 is 1.12 bits per heavy atom. The van der Waals surface area contributed by atoms with E-state index in [0.717, 1.165) is 12.8 Å². The highest BCUT2D eigenvalue weighted by Gasteiger charge is 2.93. The lowest BCUT2D eigenvalue weighted by Gasteiger charge is -2.79. The molecule has 0 amide bonds. The Morgan fingerprint density at radius 3 is 2.47 bits per heavy atom. The Labute approximate surface area is 186 Å². The molecule has 8 nitrogen and oxygen atoms in total. The molecule has 0 aromatic rings. The van der Waals surface area contributed by atoms with Crippen molar-refractivity contribution in [3.8, 4) is 0 Å². The van der Waals surface area contributed by atoms with Crippen LogP contribution in [0.3, 0.4) is 0 Å². The van der Waals surface area contributed by atoms with Gasteiger partial charge in [-0.05, 0) is 30.3 Å². The Hall–Kier alpha value is -1.77. The summed E-state index contributed by atoms with van der Waals surface area (Å²) >= 11 is 0. The zero-order valence-electron chi connectivity index (χ0n) is 18.9. The molecule has 7 bridgehead atoms. The van der Waals surface area contributed by atoms with Gasteiger partial charge in [0.25, 0.3) is 0 Å². The molecule has 8 aliphatic rings. The van der Waals surface area contributed by atoms with Gasteiger partial charge in [0.15, 0.2) is 18.2 Å². The number of carbonyl (C=O) groups is 3. The molecule has 0 aromatic heterocycles. The molecule has 2 spiro atoms. The quantitative estimate of drug-likeness (QED) is 0.506. The molecule has 4 heterocycles. The zero-order chi connectivity index (χ0) is 23.0. The van der Waals surface area contributed by atoms with Crippen LogP contribution in [0.4, 0.5) is 0 Å². The van der Waals surface area contributed by atoms with Gasteiger partial charge in [-0.3, -0.25) is 14.4 Å². The normalized spacial score (nSPS) is 53.7. The number of rotatable bonds is 2. The van der Waals surface area contributed by atoms with Crippen LogP contribution in [-0.4, -0.2) is 53.2 Å². The van der Waals surface area contributed by atoms with Crippen LogP contribution in [0, 0.1) is 34.0 Å². The van der Waals surface area contributed by atoms with E-state index >= 15 is 0 Å². The first-order valence-corrected chi connectivity index (χ1v) is 11.6. The summed E-state index contributed by atoms with van der Waals surface area (Å²) in [5.41, 5.74) is -2.23. The van der Waals surface area contributed by atoms with Crippen molar-refractivity contribution in [2.75, 3.05) is 0 Å². The van der Waals surface area contributed by atoms with Crippen LogP contribution < -0.4 is 0 Å². The first-order chi connectivity index (χ1) is 14.9. The number of esters is 2. The highest BCUT2D eigenvalue weighted by Crippen LogP contribution is 2.82. The predicted molar refractivity (Wildman–Crippen MR) is 108 cm³/mol. The molecule has 4 saturated heterocycles. The van der Waals surface area contributed by atoms with Crippen LogP contribution in [0.15, 0.2) is 12.2 Å². The van der Waals surface area contributed by atoms with Crippen molar-refractivity contribution in [3.63, 3.8) is 0 Å². The summed E-state index contributed by atoms with van der Waals surface area (Å²) in [5, 5.41) is 12.3. The third-order valence-corrected chi connectivity index (χ3v) is 9.60. The van der Waals surface area contributed by atoms with Crippen LogP contribution in [0.25, 0.3) is 0 Å². The number of Topliss-reactive ketones (excluding diaryl/α,β-unsaturated/α-hetero) is 1. The monoisotopic (exact) mass is 446 g/mol. The van der Waals surface area contributed by atoms with Gasteiger partial charge in [-0.2, -0.15) is 0 Å². The number of ketones is 1. The van der Waals surface area contributed by atoms with Crippen molar-refractivity contribution in [2.45, 2.75) is 83.8 Å². The molecule has 10 atom stereocenters. The van der Waals surface area contributed by atoms with Crippen LogP contribution in [0.1, 0.15) is 53.4 Å². The second-order valence-electron chi connectivity index (χ2n) is 11.4. The molecule has 0 radical (unpaired) electrons. The number of hydrogen-bond acceptors (Lipinski definition) is 8. The van der Waals surface area contributed by atoms with E-state index in [1.165, 1.54) is 13.8 Å². The summed E-state index contributed by atoms with van der Waals surface area (Å²) in [6.45, 7) is 10.9. The first kappa shape index (κ1) is 20.8. The van der Waals surface area contributed by atoms with Gasteiger partial charge in [-0.15, -0.1) is 0 Å². The largest absolute Gasteiger partial charge is 0.462 e. The topological polar surface area (TPSA) is 108 Å². The minimum Gasteiger partial charge on any atom is -0.462 e. The van der Waals surface area contributed by atoms with E-state index in [1.54, 1.807) is 0 Å². The highest BCUT2D eigenvalue weighted by molar-refractivity contribution is 6.05. The Kier molecular flexibility index (Phi) is 3.79. The number of aliphatic hydroxyl groups is 1. The lowest BCUT2D eigenvalue weighted by Crippen LogP contribution is -2.91. The molecule has 0 aromatic carbocycles. The second-order valence-corrected chi connectivity index (χ2v) is 11.4. The van der Waals surface area contributed by atoms with E-state index in [4.69, 9.17) is 18.9 Å². The third-order valence-electron chi connectivity index (χ3n) is 9.60. The van der Waals surface area contributed by atoms with Crippen LogP contribution >= 0.6 is 0 Å². The average Bonchev–Trinajstić information content (AvgIpc) is 2.81. The molecule has 1 N–H and O–H groups in total. The predicted octanol–water partition coefficient (Wildman–Crippen LogP) is 1.88. The summed E-state index contributed by atoms with van der Waals surface area (Å²) in [4.78, 5) is 38.3. The van der Waals surface area contributed by atoms with E-state index in [1.807, 2.05) is 0 Å². The minimum atomic E-state index is -2.08. The molecular formula is C24H30O8. The summed E-state index contributed by atoms with van der Waals surface area (Å²) in [5.74, 6) is -4.56. The molecule has 10 unspecified atom stereocenters. The van der Waals surface area contributed by atoms with E-state index in [-0.39, 0.29) is 23.0 Å². The van der Waals surface area contributed by atoms with Crippen LogP contribution in [0.5, 0.6) is 0 Å². The molecular weight excluding hydrogens is 416 g/mol. The SMILES string of the molecule is C=C1C(=O)C23C4OC5OC2(O)C(OC(C)=O)C2C(C)(C)CCCC52C3C(OC(C)=O)CC14. The molecule has 4 saturated carbocycles. The van der Waals surface area contributed by atoms with Crippen molar-refractivity contribution in [3.05, 3.63) is 12.2 Å². The van der Waals surface area contributed by atoms with Gasteiger partial charge in [0.05, 0.1) is 6.10 Å². The molecule has 4 aliphatic heterocycles. The van der Waals surface area contributed by atoms with E-state index in [9.17, 15) is 19.5 Å². The van der Waals surface area contributed by atoms with Crippen molar-refractivity contribution in [2.24, 2.45) is 34.0 Å². The lowest BCUT2D eigenvalue weighted by atomic mass is 9.34. The van der Waals surface area contributed by atoms with E-state index < -0.39 is 59.1 Å². The number of hydrogen-bond donors (Lipinski definition) is 1. The Balaban J connectivity index is 1.66. The first-order valence-electron chi connectivity index (χ1n) is 11.6. The lowest BCUT2D eigenvalue weighted by molar-refractivity contribution is -0.553. The number of carbonyl (C=O) groups excluding carboxylic acids is 3. The van der Waals surface area contributed by atoms with Crippen molar-refractivity contribution >= 4 is 17.7 Å². The maximum Gasteiger partial charge on any atom is 0.303 e. The fourth-order valence-corrected chi connectivity index (χ4v) is 9.07. The van der Waals surface area contributed by atoms with Gasteiger partial charge in [0.1, 0.15) is 11.5 Å². The van der Waals surface area contributed by atoms with Gasteiger partial charge >= 0.3 is 11.9 Å². The Bertz CT molecular complexity index is 971. The van der Waals surface area contributed by atoms with Gasteiger partial charge in [-0.1, -0.05) is 26.8 Å². The second kappa shape index (κ2) is 5.83. The van der Waals surface area contributed by atoms with Gasteiger partial charge in [-0.25, -0.2) is 0 Å². The van der Waals surface area contributed by atoms with Gasteiger partial charge in [0, 0.05) is 37.0 Å². The van der Waals surface area contributed by atoms with Crippen molar-refractivity contribution < 1.29 is 38.4 Å². The maximum absolute atomic E-state index is 14.0. The Morgan fingerprint density at radius 2 is 1.81 bits per heavy atom. The van der Waals surface area contributed by atoms with Crippen LogP contribution in [0.2, 0.25) is 0 Å². The van der Waals surface area contributed by atoms with Gasteiger partial charge in [0.2, 0.25) is 5.79 Å². The minimum absolute atomic E-state index is 0.314. The number of ether oxygens (including phenoxy) is 4. The summed E-state index contributed by atoms with van der Waals surface area (Å²) < 4.78 is 24.4. The van der Waals surface area contributed by atoms with E-state index in [0.29, 0.717) is 18.4 Å². The fourth-order valence-electron chi connectivity index (χ4n) is 9.07. The molecule has 4 aliphatic carbocycles. The average molecular weight is 446 g/mol. The van der Waals surface area contributed by atoms with Crippen molar-refractivity contribution in [1.29, 1.82) is 0 Å². The molecule has 32 heavy (non-hydrogen) atoms. The summed E-state index contributed by atoms with van der Waals surface area (Å²) in [7, 11) is 0. The highest BCUT2D eigenvalue weighted by atomic mass is 16.8. The zero-order valence-corrected chi connectivity index (χ0v) is 18.9. The van der Waals surface area contributed by atoms with Crippen molar-refractivity contribution in [1.82, 2.24) is 0 Å². The maximum atomic E-state index is 14.0. The fraction of sp³-hybridized carbons (Fsp3) is 0.792. The summed E-state index contributed by atoms with van der Waals surface area (Å²) in [6, 6.07) is 0. The third kappa shape index (κ3) is 1.93. The molecule has 8 heteroatoms. The summed E-state index contributed by atoms with van der Waals surface area (Å²) in [6.07, 6.45) is -0.198.